The Morgan fingerprint density at radius 1 is 1.56 bits per heavy atom. The number of alkyl carbamates (subject to hydrolysis) is 1. The van der Waals surface area contributed by atoms with Crippen molar-refractivity contribution in [1.29, 1.82) is 0 Å². The molecule has 1 amide bonds. The summed E-state index contributed by atoms with van der Waals surface area (Å²) in [7, 11) is 0. The van der Waals surface area contributed by atoms with Gasteiger partial charge < -0.3 is 20.5 Å². The van der Waals surface area contributed by atoms with E-state index in [0.717, 1.165) is 6.42 Å². The lowest BCUT2D eigenvalue weighted by atomic mass is 10.2. The zero-order chi connectivity index (χ0) is 11.5. The van der Waals surface area contributed by atoms with E-state index in [1.54, 1.807) is 0 Å². The van der Waals surface area contributed by atoms with Crippen LogP contribution in [0.3, 0.4) is 0 Å². The first-order valence-corrected chi connectivity index (χ1v) is 5.24. The van der Waals surface area contributed by atoms with Gasteiger partial charge in [-0.1, -0.05) is 0 Å². The van der Waals surface area contributed by atoms with Crippen molar-refractivity contribution in [3.63, 3.8) is 0 Å². The van der Waals surface area contributed by atoms with E-state index in [-0.39, 0.29) is 31.1 Å². The third kappa shape index (κ3) is 5.53. The molecule has 1 aliphatic rings. The number of hydrogen-bond donors (Lipinski definition) is 3. The van der Waals surface area contributed by atoms with Gasteiger partial charge in [0.15, 0.2) is 0 Å². The Hall–Kier alpha value is -0.520. The summed E-state index contributed by atoms with van der Waals surface area (Å²) in [6.07, 6.45) is 0.350. The molecule has 0 bridgehead atoms. The first-order valence-electron chi connectivity index (χ1n) is 5.24. The molecule has 1 rings (SSSR count). The standard InChI is InChI=1S/C10H20N2O3.ClH/c1-10(2,3)15-9(14)12-7-4-8(6-13)11-5-7;/h7-8,11,13H,4-6H2,1-3H3,(H,12,14);1H/t7-,8-;/m0./s1. The summed E-state index contributed by atoms with van der Waals surface area (Å²) in [6.45, 7) is 6.28. The smallest absolute Gasteiger partial charge is 0.407 e. The molecule has 3 N–H and O–H groups in total. The van der Waals surface area contributed by atoms with Crippen LogP contribution in [0.4, 0.5) is 4.79 Å². The van der Waals surface area contributed by atoms with E-state index in [4.69, 9.17) is 9.84 Å². The second-order valence-electron chi connectivity index (χ2n) is 4.87. The van der Waals surface area contributed by atoms with Crippen molar-refractivity contribution >= 4 is 18.5 Å². The number of aliphatic hydroxyl groups is 1. The molecule has 0 unspecified atom stereocenters. The first kappa shape index (κ1) is 15.5. The highest BCUT2D eigenvalue weighted by Crippen LogP contribution is 2.09. The second kappa shape index (κ2) is 6.27. The van der Waals surface area contributed by atoms with Crippen LogP contribution in [0.2, 0.25) is 0 Å². The van der Waals surface area contributed by atoms with Gasteiger partial charge in [-0.25, -0.2) is 4.79 Å². The molecule has 0 aliphatic carbocycles. The van der Waals surface area contributed by atoms with Gasteiger partial charge in [0.05, 0.1) is 6.61 Å². The lowest BCUT2D eigenvalue weighted by Gasteiger charge is -2.21. The molecule has 2 atom stereocenters. The fourth-order valence-corrected chi connectivity index (χ4v) is 1.54. The van der Waals surface area contributed by atoms with Crippen LogP contribution >= 0.6 is 12.4 Å². The Balaban J connectivity index is 0.00000225. The number of ether oxygens (including phenoxy) is 1. The van der Waals surface area contributed by atoms with E-state index in [1.165, 1.54) is 0 Å². The van der Waals surface area contributed by atoms with Gasteiger partial charge in [-0.3, -0.25) is 0 Å². The van der Waals surface area contributed by atoms with Crippen molar-refractivity contribution in [3.05, 3.63) is 0 Å². The van der Waals surface area contributed by atoms with Gasteiger partial charge >= 0.3 is 6.09 Å². The average molecular weight is 253 g/mol. The maximum absolute atomic E-state index is 11.4. The molecule has 0 aromatic carbocycles. The van der Waals surface area contributed by atoms with Gasteiger partial charge in [-0.2, -0.15) is 0 Å². The number of halogens is 1. The lowest BCUT2D eigenvalue weighted by Crippen LogP contribution is -2.40. The predicted octanol–water partition coefficient (Wildman–Crippen LogP) is 0.656. The van der Waals surface area contributed by atoms with Crippen LogP contribution in [0.5, 0.6) is 0 Å². The van der Waals surface area contributed by atoms with E-state index in [0.29, 0.717) is 6.54 Å². The number of hydrogen-bond acceptors (Lipinski definition) is 4. The van der Waals surface area contributed by atoms with Gasteiger partial charge in [0.1, 0.15) is 5.60 Å². The van der Waals surface area contributed by atoms with Crippen molar-refractivity contribution in [3.8, 4) is 0 Å². The largest absolute Gasteiger partial charge is 0.444 e. The summed E-state index contributed by atoms with van der Waals surface area (Å²) in [4.78, 5) is 11.4. The maximum Gasteiger partial charge on any atom is 0.407 e. The van der Waals surface area contributed by atoms with Crippen LogP contribution in [0.15, 0.2) is 0 Å². The number of carbonyl (C=O) groups excluding carboxylic acids is 1. The Morgan fingerprint density at radius 3 is 2.62 bits per heavy atom. The molecule has 0 aromatic heterocycles. The van der Waals surface area contributed by atoms with E-state index in [9.17, 15) is 4.79 Å². The molecule has 0 spiro atoms. The van der Waals surface area contributed by atoms with Crippen molar-refractivity contribution in [2.24, 2.45) is 0 Å². The Bertz CT molecular complexity index is 231. The van der Waals surface area contributed by atoms with Gasteiger partial charge in [-0.05, 0) is 27.2 Å². The summed E-state index contributed by atoms with van der Waals surface area (Å²) in [5, 5.41) is 14.8. The highest BCUT2D eigenvalue weighted by atomic mass is 35.5. The normalized spacial score (nSPS) is 24.8. The predicted molar refractivity (Wildman–Crippen MR) is 63.9 cm³/mol. The number of aliphatic hydroxyl groups excluding tert-OH is 1. The van der Waals surface area contributed by atoms with Crippen molar-refractivity contribution in [2.45, 2.75) is 44.9 Å². The van der Waals surface area contributed by atoms with Crippen molar-refractivity contribution < 1.29 is 14.6 Å². The van der Waals surface area contributed by atoms with E-state index < -0.39 is 11.7 Å². The molecule has 6 heteroatoms. The zero-order valence-corrected chi connectivity index (χ0v) is 10.8. The molecule has 1 fully saturated rings. The number of carbonyl (C=O) groups is 1. The van der Waals surface area contributed by atoms with Gasteiger partial charge in [0.2, 0.25) is 0 Å². The van der Waals surface area contributed by atoms with Crippen LogP contribution in [0.25, 0.3) is 0 Å². The minimum absolute atomic E-state index is 0. The Labute approximate surface area is 102 Å². The molecular formula is C10H21ClN2O3. The number of amides is 1. The molecule has 16 heavy (non-hydrogen) atoms. The summed E-state index contributed by atoms with van der Waals surface area (Å²) in [6, 6.07) is 0.141. The van der Waals surface area contributed by atoms with Gasteiger partial charge in [-0.15, -0.1) is 12.4 Å². The van der Waals surface area contributed by atoms with E-state index in [2.05, 4.69) is 10.6 Å². The Kier molecular flexibility index (Phi) is 6.07. The molecular weight excluding hydrogens is 232 g/mol. The van der Waals surface area contributed by atoms with Gasteiger partial charge in [0.25, 0.3) is 0 Å². The summed E-state index contributed by atoms with van der Waals surface area (Å²) < 4.78 is 5.13. The Morgan fingerprint density at radius 2 is 2.19 bits per heavy atom. The SMILES string of the molecule is CC(C)(C)OC(=O)N[C@@H]1CN[C@H](CO)C1.Cl. The molecule has 0 aromatic rings. The number of nitrogens with one attached hydrogen (secondary N) is 2. The number of rotatable bonds is 2. The quantitative estimate of drug-likeness (QED) is 0.675. The van der Waals surface area contributed by atoms with Crippen LogP contribution in [0, 0.1) is 0 Å². The highest BCUT2D eigenvalue weighted by molar-refractivity contribution is 5.85. The minimum Gasteiger partial charge on any atom is -0.444 e. The maximum atomic E-state index is 11.4. The highest BCUT2D eigenvalue weighted by Gasteiger charge is 2.26. The molecule has 96 valence electrons. The first-order chi connectivity index (χ1) is 6.90. The van der Waals surface area contributed by atoms with Crippen molar-refractivity contribution in [1.82, 2.24) is 10.6 Å². The van der Waals surface area contributed by atoms with Crippen LogP contribution < -0.4 is 10.6 Å². The van der Waals surface area contributed by atoms with Crippen LogP contribution in [-0.4, -0.2) is 42.0 Å². The summed E-state index contributed by atoms with van der Waals surface area (Å²) in [5.41, 5.74) is -0.466. The fraction of sp³-hybridized carbons (Fsp3) is 0.900. The fourth-order valence-electron chi connectivity index (χ4n) is 1.54. The van der Waals surface area contributed by atoms with Gasteiger partial charge in [0, 0.05) is 18.6 Å². The molecule has 1 heterocycles. The molecule has 0 radical (unpaired) electrons. The van der Waals surface area contributed by atoms with Crippen molar-refractivity contribution in [2.75, 3.05) is 13.2 Å². The average Bonchev–Trinajstić information content (AvgIpc) is 2.48. The lowest BCUT2D eigenvalue weighted by molar-refractivity contribution is 0.0507. The monoisotopic (exact) mass is 252 g/mol. The minimum atomic E-state index is -0.466. The molecule has 5 nitrogen and oxygen atoms in total. The van der Waals surface area contributed by atoms with E-state index in [1.807, 2.05) is 20.8 Å². The topological polar surface area (TPSA) is 70.6 Å². The van der Waals surface area contributed by atoms with E-state index >= 15 is 0 Å². The third-order valence-electron chi connectivity index (χ3n) is 2.16. The second-order valence-corrected chi connectivity index (χ2v) is 4.87. The van der Waals surface area contributed by atoms with Crippen LogP contribution in [0.1, 0.15) is 27.2 Å². The zero-order valence-electron chi connectivity index (χ0n) is 9.95. The molecule has 0 saturated carbocycles. The molecule has 1 aliphatic heterocycles. The summed E-state index contributed by atoms with van der Waals surface area (Å²) >= 11 is 0. The summed E-state index contributed by atoms with van der Waals surface area (Å²) in [5.74, 6) is 0. The van der Waals surface area contributed by atoms with Crippen LogP contribution in [-0.2, 0) is 4.74 Å². The molecule has 1 saturated heterocycles. The third-order valence-corrected chi connectivity index (χ3v) is 2.16.